The molecule has 0 aliphatic heterocycles. The average molecular weight is 226 g/mol. The van der Waals surface area contributed by atoms with Crippen molar-refractivity contribution < 1.29 is 4.79 Å². The fraction of sp³-hybridized carbons (Fsp3) is 0.200. The lowest BCUT2D eigenvalue weighted by Crippen LogP contribution is -2.37. The van der Waals surface area contributed by atoms with Gasteiger partial charge in [-0.15, -0.1) is 0 Å². The Morgan fingerprint density at radius 2 is 2.00 bits per heavy atom. The topological polar surface area (TPSA) is 65.0 Å². The van der Waals surface area contributed by atoms with Gasteiger partial charge >= 0.3 is 6.03 Å². The summed E-state index contributed by atoms with van der Waals surface area (Å²) in [4.78, 5) is 11.1. The molecule has 0 aliphatic carbocycles. The van der Waals surface area contributed by atoms with Crippen molar-refractivity contribution in [1.29, 1.82) is 5.41 Å². The molecule has 1 aromatic rings. The molecule has 5 heteroatoms. The Morgan fingerprint density at radius 3 is 2.53 bits per heavy atom. The van der Waals surface area contributed by atoms with Gasteiger partial charge in [-0.25, -0.2) is 4.79 Å². The minimum absolute atomic E-state index is 0.114. The van der Waals surface area contributed by atoms with E-state index in [0.717, 1.165) is 5.56 Å². The van der Waals surface area contributed by atoms with E-state index in [1.165, 1.54) is 6.92 Å². The van der Waals surface area contributed by atoms with Gasteiger partial charge in [-0.05, 0) is 24.6 Å². The summed E-state index contributed by atoms with van der Waals surface area (Å²) in [6, 6.07) is 6.81. The van der Waals surface area contributed by atoms with E-state index in [0.29, 0.717) is 11.6 Å². The lowest BCUT2D eigenvalue weighted by Gasteiger charge is -2.05. The number of amides is 2. The van der Waals surface area contributed by atoms with Crippen molar-refractivity contribution in [2.24, 2.45) is 0 Å². The Labute approximate surface area is 93.1 Å². The molecule has 0 fully saturated rings. The highest BCUT2D eigenvalue weighted by Crippen LogP contribution is 2.08. The number of benzene rings is 1. The van der Waals surface area contributed by atoms with E-state index in [1.807, 2.05) is 12.1 Å². The van der Waals surface area contributed by atoms with Gasteiger partial charge in [0.05, 0.1) is 5.84 Å². The molecule has 0 spiro atoms. The molecule has 15 heavy (non-hydrogen) atoms. The SMILES string of the molecule is CC(=N)NC(=O)NCc1ccc(Cl)cc1. The van der Waals surface area contributed by atoms with Gasteiger partial charge in [0.2, 0.25) is 0 Å². The van der Waals surface area contributed by atoms with Gasteiger partial charge in [0.1, 0.15) is 0 Å². The second-order valence-corrected chi connectivity index (χ2v) is 3.50. The zero-order valence-electron chi connectivity index (χ0n) is 8.30. The van der Waals surface area contributed by atoms with Gasteiger partial charge in [-0.1, -0.05) is 23.7 Å². The third kappa shape index (κ3) is 4.46. The molecule has 3 N–H and O–H groups in total. The van der Waals surface area contributed by atoms with E-state index in [4.69, 9.17) is 17.0 Å². The van der Waals surface area contributed by atoms with Crippen molar-refractivity contribution in [2.75, 3.05) is 0 Å². The second kappa shape index (κ2) is 5.36. The van der Waals surface area contributed by atoms with Gasteiger partial charge < -0.3 is 5.32 Å². The third-order valence-electron chi connectivity index (χ3n) is 1.67. The molecule has 80 valence electrons. The number of hydrogen-bond acceptors (Lipinski definition) is 2. The predicted molar refractivity (Wildman–Crippen MR) is 60.2 cm³/mol. The summed E-state index contributed by atoms with van der Waals surface area (Å²) >= 11 is 5.72. The quantitative estimate of drug-likeness (QED) is 0.524. The van der Waals surface area contributed by atoms with Crippen LogP contribution < -0.4 is 10.6 Å². The number of carbonyl (C=O) groups excluding carboxylic acids is 1. The Kier molecular flexibility index (Phi) is 4.12. The van der Waals surface area contributed by atoms with Gasteiger partial charge in [0.15, 0.2) is 0 Å². The van der Waals surface area contributed by atoms with Crippen molar-refractivity contribution >= 4 is 23.5 Å². The first kappa shape index (κ1) is 11.5. The molecule has 0 bridgehead atoms. The Hall–Kier alpha value is -1.55. The van der Waals surface area contributed by atoms with Crippen LogP contribution in [0.2, 0.25) is 5.02 Å². The minimum Gasteiger partial charge on any atom is -0.334 e. The van der Waals surface area contributed by atoms with Gasteiger partial charge in [0.25, 0.3) is 0 Å². The highest BCUT2D eigenvalue weighted by Gasteiger charge is 2.00. The number of carbonyl (C=O) groups is 1. The molecule has 0 saturated carbocycles. The first-order chi connectivity index (χ1) is 7.08. The van der Waals surface area contributed by atoms with E-state index < -0.39 is 0 Å². The molecule has 0 atom stereocenters. The van der Waals surface area contributed by atoms with E-state index in [2.05, 4.69) is 10.6 Å². The van der Waals surface area contributed by atoms with Crippen LogP contribution >= 0.6 is 11.6 Å². The Bertz CT molecular complexity index is 361. The maximum absolute atomic E-state index is 11.1. The highest BCUT2D eigenvalue weighted by atomic mass is 35.5. The summed E-state index contributed by atoms with van der Waals surface area (Å²) < 4.78 is 0. The molecule has 1 rings (SSSR count). The monoisotopic (exact) mass is 225 g/mol. The lowest BCUT2D eigenvalue weighted by molar-refractivity contribution is 0.245. The number of hydrogen-bond donors (Lipinski definition) is 3. The van der Waals surface area contributed by atoms with Crippen LogP contribution in [-0.4, -0.2) is 11.9 Å². The first-order valence-corrected chi connectivity index (χ1v) is 4.80. The van der Waals surface area contributed by atoms with Crippen molar-refractivity contribution in [2.45, 2.75) is 13.5 Å². The smallest absolute Gasteiger partial charge is 0.320 e. The normalized spacial score (nSPS) is 9.47. The van der Waals surface area contributed by atoms with Crippen molar-refractivity contribution in [3.8, 4) is 0 Å². The zero-order valence-corrected chi connectivity index (χ0v) is 9.06. The average Bonchev–Trinajstić information content (AvgIpc) is 2.16. The summed E-state index contributed by atoms with van der Waals surface area (Å²) in [6.45, 7) is 1.91. The summed E-state index contributed by atoms with van der Waals surface area (Å²) in [6.07, 6.45) is 0. The Balaban J connectivity index is 2.40. The summed E-state index contributed by atoms with van der Waals surface area (Å²) in [5.41, 5.74) is 0.956. The van der Waals surface area contributed by atoms with Crippen LogP contribution in [0.3, 0.4) is 0 Å². The van der Waals surface area contributed by atoms with Crippen molar-refractivity contribution in [3.63, 3.8) is 0 Å². The van der Waals surface area contributed by atoms with Crippen LogP contribution in [0.1, 0.15) is 12.5 Å². The van der Waals surface area contributed by atoms with E-state index in [9.17, 15) is 4.79 Å². The van der Waals surface area contributed by atoms with Crippen molar-refractivity contribution in [1.82, 2.24) is 10.6 Å². The van der Waals surface area contributed by atoms with Crippen LogP contribution in [0.4, 0.5) is 4.79 Å². The molecule has 2 amide bonds. The number of halogens is 1. The molecule has 0 aliphatic rings. The number of urea groups is 1. The van der Waals surface area contributed by atoms with E-state index in [1.54, 1.807) is 12.1 Å². The summed E-state index contributed by atoms with van der Waals surface area (Å²) in [5, 5.41) is 12.7. The molecule has 1 aromatic carbocycles. The molecular formula is C10H12ClN3O. The second-order valence-electron chi connectivity index (χ2n) is 3.06. The lowest BCUT2D eigenvalue weighted by atomic mass is 10.2. The molecular weight excluding hydrogens is 214 g/mol. The highest BCUT2D eigenvalue weighted by molar-refractivity contribution is 6.30. The fourth-order valence-corrected chi connectivity index (χ4v) is 1.13. The number of rotatable bonds is 2. The van der Waals surface area contributed by atoms with Gasteiger partial charge in [-0.2, -0.15) is 0 Å². The molecule has 0 saturated heterocycles. The number of nitrogens with one attached hydrogen (secondary N) is 3. The summed E-state index contributed by atoms with van der Waals surface area (Å²) in [5.74, 6) is 0.114. The van der Waals surface area contributed by atoms with Crippen LogP contribution in [0.25, 0.3) is 0 Å². The molecule has 0 heterocycles. The van der Waals surface area contributed by atoms with E-state index >= 15 is 0 Å². The van der Waals surface area contributed by atoms with Crippen LogP contribution in [0.5, 0.6) is 0 Å². The minimum atomic E-state index is -0.377. The van der Waals surface area contributed by atoms with Crippen LogP contribution in [-0.2, 0) is 6.54 Å². The van der Waals surface area contributed by atoms with E-state index in [-0.39, 0.29) is 11.9 Å². The first-order valence-electron chi connectivity index (χ1n) is 4.42. The van der Waals surface area contributed by atoms with Crippen molar-refractivity contribution in [3.05, 3.63) is 34.9 Å². The standard InChI is InChI=1S/C10H12ClN3O/c1-7(12)14-10(15)13-6-8-2-4-9(11)5-3-8/h2-5H,6H2,1H3,(H3,12,13,14,15). The third-order valence-corrected chi connectivity index (χ3v) is 1.92. The fourth-order valence-electron chi connectivity index (χ4n) is 0.999. The number of amidine groups is 1. The van der Waals surface area contributed by atoms with Crippen LogP contribution in [0.15, 0.2) is 24.3 Å². The molecule has 0 radical (unpaired) electrons. The van der Waals surface area contributed by atoms with Gasteiger partial charge in [0, 0.05) is 11.6 Å². The summed E-state index contributed by atoms with van der Waals surface area (Å²) in [7, 11) is 0. The Morgan fingerprint density at radius 1 is 1.40 bits per heavy atom. The molecule has 0 aromatic heterocycles. The predicted octanol–water partition coefficient (Wildman–Crippen LogP) is 2.14. The molecule has 4 nitrogen and oxygen atoms in total. The largest absolute Gasteiger partial charge is 0.334 e. The molecule has 0 unspecified atom stereocenters. The maximum Gasteiger partial charge on any atom is 0.320 e. The zero-order chi connectivity index (χ0) is 11.3. The van der Waals surface area contributed by atoms with Gasteiger partial charge in [-0.3, -0.25) is 10.7 Å². The maximum atomic E-state index is 11.1. The van der Waals surface area contributed by atoms with Crippen LogP contribution in [0, 0.1) is 5.41 Å².